The molecule has 2 aliphatic carbocycles. The third-order valence-corrected chi connectivity index (χ3v) is 6.33. The van der Waals surface area contributed by atoms with E-state index in [2.05, 4.69) is 43.9 Å². The van der Waals surface area contributed by atoms with E-state index in [-0.39, 0.29) is 24.5 Å². The van der Waals surface area contributed by atoms with Crippen LogP contribution in [0.3, 0.4) is 0 Å². The SMILES string of the molecule is C[Si](C)(C)C/C=C\CC[C@H](O)[C@H]1[C@@H](CO)[C@H]2C=C[C@@H]1C2. The Morgan fingerprint density at radius 1 is 1.20 bits per heavy atom. The maximum Gasteiger partial charge on any atom is 0.0580 e. The fourth-order valence-corrected chi connectivity index (χ4v) is 4.68. The molecular weight excluding hydrogens is 264 g/mol. The summed E-state index contributed by atoms with van der Waals surface area (Å²) in [4.78, 5) is 0. The van der Waals surface area contributed by atoms with E-state index in [9.17, 15) is 10.2 Å². The first-order chi connectivity index (χ1) is 9.42. The van der Waals surface area contributed by atoms with Gasteiger partial charge in [-0.15, -0.1) is 0 Å². The molecular formula is C17H30O2Si. The van der Waals surface area contributed by atoms with Gasteiger partial charge in [-0.3, -0.25) is 0 Å². The summed E-state index contributed by atoms with van der Waals surface area (Å²) < 4.78 is 0. The van der Waals surface area contributed by atoms with Crippen LogP contribution in [0.4, 0.5) is 0 Å². The quantitative estimate of drug-likeness (QED) is 0.558. The average molecular weight is 295 g/mol. The summed E-state index contributed by atoms with van der Waals surface area (Å²) in [5.41, 5.74) is 0. The molecule has 0 aromatic rings. The van der Waals surface area contributed by atoms with Gasteiger partial charge in [0.05, 0.1) is 6.10 Å². The van der Waals surface area contributed by atoms with Gasteiger partial charge in [0.25, 0.3) is 0 Å². The molecule has 2 nitrogen and oxygen atoms in total. The fraction of sp³-hybridized carbons (Fsp3) is 0.765. The van der Waals surface area contributed by atoms with Crippen molar-refractivity contribution in [3.8, 4) is 0 Å². The smallest absolute Gasteiger partial charge is 0.0580 e. The highest BCUT2D eigenvalue weighted by Gasteiger charge is 2.46. The molecule has 0 radical (unpaired) electrons. The summed E-state index contributed by atoms with van der Waals surface area (Å²) in [6.07, 6.45) is 11.7. The number of aliphatic hydroxyl groups is 2. The molecule has 0 amide bonds. The minimum Gasteiger partial charge on any atom is -0.396 e. The highest BCUT2D eigenvalue weighted by molar-refractivity contribution is 6.76. The molecule has 0 aromatic heterocycles. The maximum absolute atomic E-state index is 10.5. The predicted molar refractivity (Wildman–Crippen MR) is 87.3 cm³/mol. The molecule has 3 heteroatoms. The zero-order valence-corrected chi connectivity index (χ0v) is 14.1. The van der Waals surface area contributed by atoms with Crippen molar-refractivity contribution in [3.63, 3.8) is 0 Å². The van der Waals surface area contributed by atoms with Crippen molar-refractivity contribution in [2.24, 2.45) is 23.7 Å². The van der Waals surface area contributed by atoms with Crippen molar-refractivity contribution >= 4 is 8.07 Å². The second-order valence-corrected chi connectivity index (χ2v) is 13.3. The van der Waals surface area contributed by atoms with Gasteiger partial charge >= 0.3 is 0 Å². The minimum atomic E-state index is -0.979. The number of fused-ring (bicyclic) bond motifs is 2. The van der Waals surface area contributed by atoms with E-state index < -0.39 is 8.07 Å². The first kappa shape index (κ1) is 16.0. The number of allylic oxidation sites excluding steroid dienone is 4. The molecule has 0 spiro atoms. The Morgan fingerprint density at radius 3 is 2.55 bits per heavy atom. The predicted octanol–water partition coefficient (Wildman–Crippen LogP) is 3.45. The number of rotatable bonds is 7. The van der Waals surface area contributed by atoms with Crippen LogP contribution in [-0.4, -0.2) is 31.0 Å². The first-order valence-corrected chi connectivity index (χ1v) is 11.8. The monoisotopic (exact) mass is 294 g/mol. The van der Waals surface area contributed by atoms with Gasteiger partial charge in [0.15, 0.2) is 0 Å². The number of hydrogen-bond acceptors (Lipinski definition) is 2. The summed E-state index contributed by atoms with van der Waals surface area (Å²) in [7, 11) is -0.979. The zero-order valence-electron chi connectivity index (χ0n) is 13.1. The summed E-state index contributed by atoms with van der Waals surface area (Å²) in [5, 5.41) is 20.0. The van der Waals surface area contributed by atoms with Crippen molar-refractivity contribution in [3.05, 3.63) is 24.3 Å². The summed E-state index contributed by atoms with van der Waals surface area (Å²) >= 11 is 0. The molecule has 20 heavy (non-hydrogen) atoms. The van der Waals surface area contributed by atoms with Crippen LogP contribution >= 0.6 is 0 Å². The van der Waals surface area contributed by atoms with E-state index in [1.807, 2.05) is 0 Å². The highest BCUT2D eigenvalue weighted by atomic mass is 28.3. The van der Waals surface area contributed by atoms with E-state index in [0.29, 0.717) is 11.8 Å². The molecule has 2 N–H and O–H groups in total. The molecule has 0 saturated heterocycles. The molecule has 114 valence electrons. The van der Waals surface area contributed by atoms with Crippen LogP contribution in [0.5, 0.6) is 0 Å². The van der Waals surface area contributed by atoms with Gasteiger partial charge in [-0.25, -0.2) is 0 Å². The third-order valence-electron chi connectivity index (χ3n) is 4.87. The van der Waals surface area contributed by atoms with Gasteiger partial charge in [0.2, 0.25) is 0 Å². The van der Waals surface area contributed by atoms with Crippen LogP contribution < -0.4 is 0 Å². The van der Waals surface area contributed by atoms with Gasteiger partial charge in [-0.2, -0.15) is 0 Å². The normalized spacial score (nSPS) is 34.2. The highest BCUT2D eigenvalue weighted by Crippen LogP contribution is 2.49. The van der Waals surface area contributed by atoms with Crippen LogP contribution in [0.1, 0.15) is 19.3 Å². The van der Waals surface area contributed by atoms with E-state index in [0.717, 1.165) is 19.3 Å². The second kappa shape index (κ2) is 6.59. The average Bonchev–Trinajstić information content (AvgIpc) is 2.96. The lowest BCUT2D eigenvalue weighted by molar-refractivity contribution is 0.0369. The van der Waals surface area contributed by atoms with E-state index in [1.165, 1.54) is 6.04 Å². The lowest BCUT2D eigenvalue weighted by Crippen LogP contribution is -2.33. The standard InChI is InChI=1S/C17H30O2Si/c1-20(2,3)10-6-4-5-7-16(19)17-14-9-8-13(11-14)15(17)12-18/h4,6,8-9,13-19H,5,7,10-12H2,1-3H3/b6-4-/t13-,14+,15-,16-,17+/m0/s1. The van der Waals surface area contributed by atoms with Crippen molar-refractivity contribution in [1.29, 1.82) is 0 Å². The van der Waals surface area contributed by atoms with Crippen LogP contribution in [0.15, 0.2) is 24.3 Å². The van der Waals surface area contributed by atoms with Crippen LogP contribution in [0.25, 0.3) is 0 Å². The van der Waals surface area contributed by atoms with Gasteiger partial charge < -0.3 is 10.2 Å². The number of aliphatic hydroxyl groups excluding tert-OH is 2. The Hall–Kier alpha value is -0.383. The molecule has 0 aromatic carbocycles. The van der Waals surface area contributed by atoms with Gasteiger partial charge in [0, 0.05) is 14.7 Å². The summed E-state index contributed by atoms with van der Waals surface area (Å²) in [5.74, 6) is 1.57. The second-order valence-electron chi connectivity index (χ2n) is 7.75. The molecule has 1 saturated carbocycles. The minimum absolute atomic E-state index is 0.221. The van der Waals surface area contributed by atoms with Crippen molar-refractivity contribution in [2.75, 3.05) is 6.61 Å². The Bertz CT molecular complexity index is 370. The van der Waals surface area contributed by atoms with Gasteiger partial charge in [-0.05, 0) is 49.0 Å². The molecule has 0 heterocycles. The molecule has 0 aliphatic heterocycles. The van der Waals surface area contributed by atoms with E-state index in [1.54, 1.807) is 0 Å². The molecule has 2 rings (SSSR count). The Balaban J connectivity index is 1.78. The van der Waals surface area contributed by atoms with Crippen LogP contribution in [-0.2, 0) is 0 Å². The van der Waals surface area contributed by atoms with E-state index in [4.69, 9.17) is 0 Å². The fourth-order valence-electron chi connectivity index (χ4n) is 3.80. The van der Waals surface area contributed by atoms with Crippen molar-refractivity contribution in [1.82, 2.24) is 0 Å². The molecule has 5 atom stereocenters. The third kappa shape index (κ3) is 3.83. The topological polar surface area (TPSA) is 40.5 Å². The van der Waals surface area contributed by atoms with Crippen LogP contribution in [0.2, 0.25) is 25.7 Å². The Kier molecular flexibility index (Phi) is 5.27. The molecule has 1 fully saturated rings. The maximum atomic E-state index is 10.5. The van der Waals surface area contributed by atoms with E-state index >= 15 is 0 Å². The van der Waals surface area contributed by atoms with Gasteiger partial charge in [-0.1, -0.05) is 43.9 Å². The summed E-state index contributed by atoms with van der Waals surface area (Å²) in [6.45, 7) is 7.34. The lowest BCUT2D eigenvalue weighted by atomic mass is 9.78. The first-order valence-electron chi connectivity index (χ1n) is 8.04. The van der Waals surface area contributed by atoms with Crippen molar-refractivity contribution in [2.45, 2.75) is 51.1 Å². The Labute approximate surface area is 124 Å². The number of hydrogen-bond donors (Lipinski definition) is 2. The van der Waals surface area contributed by atoms with Crippen LogP contribution in [0, 0.1) is 23.7 Å². The molecule has 2 aliphatic rings. The molecule has 2 bridgehead atoms. The van der Waals surface area contributed by atoms with Gasteiger partial charge in [0.1, 0.15) is 0 Å². The summed E-state index contributed by atoms with van der Waals surface area (Å²) in [6, 6.07) is 1.22. The van der Waals surface area contributed by atoms with Crippen molar-refractivity contribution < 1.29 is 10.2 Å². The zero-order chi connectivity index (χ0) is 14.8. The molecule has 0 unspecified atom stereocenters. The largest absolute Gasteiger partial charge is 0.396 e. The lowest BCUT2D eigenvalue weighted by Gasteiger charge is -2.30. The Morgan fingerprint density at radius 2 is 1.90 bits per heavy atom.